The Balaban J connectivity index is 3.47. The molecule has 0 saturated carbocycles. The van der Waals surface area contributed by atoms with Gasteiger partial charge in [0.25, 0.3) is 0 Å². The summed E-state index contributed by atoms with van der Waals surface area (Å²) >= 11 is 0. The Bertz CT molecular complexity index is 345. The van der Waals surface area contributed by atoms with Crippen molar-refractivity contribution >= 4 is 0 Å². The molecule has 0 amide bonds. The van der Waals surface area contributed by atoms with Gasteiger partial charge in [0.2, 0.25) is 0 Å². The van der Waals surface area contributed by atoms with Gasteiger partial charge in [-0.1, -0.05) is 62.5 Å². The Morgan fingerprint density at radius 3 is 0.833 bits per heavy atom. The quantitative estimate of drug-likeness (QED) is 0.185. The molecule has 0 heterocycles. The van der Waals surface area contributed by atoms with Gasteiger partial charge in [-0.3, -0.25) is 0 Å². The molecule has 0 fully saturated rings. The van der Waals surface area contributed by atoms with Crippen LogP contribution in [0, 0.1) is 0 Å². The predicted octanol–water partition coefficient (Wildman–Crippen LogP) is 8.71. The van der Waals surface area contributed by atoms with E-state index < -0.39 is 0 Å². The molecule has 0 radical (unpaired) electrons. The van der Waals surface area contributed by atoms with Gasteiger partial charge >= 0.3 is 0 Å². The molecule has 0 N–H and O–H groups in total. The molecule has 0 aliphatic carbocycles. The van der Waals surface area contributed by atoms with Gasteiger partial charge in [-0.25, -0.2) is 0 Å². The average Bonchev–Trinajstić information content (AvgIpc) is 2.58. The highest BCUT2D eigenvalue weighted by Gasteiger charge is 2.00. The highest BCUT2D eigenvalue weighted by atomic mass is 14.1. The molecule has 0 unspecified atom stereocenters. The van der Waals surface area contributed by atoms with Gasteiger partial charge in [-0.15, -0.1) is 0 Å². The second kappa shape index (κ2) is 15.5. The number of unbranched alkanes of at least 4 members (excludes halogenated alkanes) is 3. The monoisotopic (exact) mass is 330 g/mol. The van der Waals surface area contributed by atoms with Crippen LogP contribution in [0.5, 0.6) is 0 Å². The highest BCUT2D eigenvalue weighted by molar-refractivity contribution is 4.98. The first-order valence-electron chi connectivity index (χ1n) is 10.2. The summed E-state index contributed by atoms with van der Waals surface area (Å²) in [7, 11) is 0. The topological polar surface area (TPSA) is 0 Å². The first kappa shape index (κ1) is 23.0. The Hall–Kier alpha value is -1.04. The summed E-state index contributed by atoms with van der Waals surface area (Å²) in [6, 6.07) is 0. The lowest BCUT2D eigenvalue weighted by Crippen LogP contribution is -1.88. The SMILES string of the molecule is C=C(CC)CCCCC(=C)CCCCC(=C)CCCCC(=C)CC. The number of allylic oxidation sites excluding steroid dienone is 4. The lowest BCUT2D eigenvalue weighted by Gasteiger charge is -2.08. The van der Waals surface area contributed by atoms with Crippen molar-refractivity contribution in [3.05, 3.63) is 48.6 Å². The first-order chi connectivity index (χ1) is 11.5. The van der Waals surface area contributed by atoms with Crippen LogP contribution in [0.25, 0.3) is 0 Å². The maximum Gasteiger partial charge on any atom is -0.0323 e. The molecule has 0 bridgehead atoms. The summed E-state index contributed by atoms with van der Waals surface area (Å²) < 4.78 is 0. The van der Waals surface area contributed by atoms with E-state index in [9.17, 15) is 0 Å². The largest absolute Gasteiger partial charge is 0.0999 e. The maximum atomic E-state index is 4.24. The number of hydrogen-bond acceptors (Lipinski definition) is 0. The summed E-state index contributed by atoms with van der Waals surface area (Å²) in [4.78, 5) is 0. The van der Waals surface area contributed by atoms with Crippen molar-refractivity contribution in [3.8, 4) is 0 Å². The molecule has 0 nitrogen and oxygen atoms in total. The zero-order chi connectivity index (χ0) is 18.2. The molecule has 0 saturated heterocycles. The highest BCUT2D eigenvalue weighted by Crippen LogP contribution is 2.20. The van der Waals surface area contributed by atoms with Gasteiger partial charge in [0.15, 0.2) is 0 Å². The third-order valence-electron chi connectivity index (χ3n) is 4.93. The van der Waals surface area contributed by atoms with E-state index in [1.807, 2.05) is 0 Å². The van der Waals surface area contributed by atoms with E-state index >= 15 is 0 Å². The molecule has 0 atom stereocenters. The van der Waals surface area contributed by atoms with Crippen LogP contribution < -0.4 is 0 Å². The summed E-state index contributed by atoms with van der Waals surface area (Å²) in [5.41, 5.74) is 5.64. The van der Waals surface area contributed by atoms with Crippen molar-refractivity contribution < 1.29 is 0 Å². The summed E-state index contributed by atoms with van der Waals surface area (Å²) in [6.07, 6.45) is 17.0. The Labute approximate surface area is 152 Å². The van der Waals surface area contributed by atoms with E-state index in [-0.39, 0.29) is 0 Å². The molecule has 0 spiro atoms. The van der Waals surface area contributed by atoms with Gasteiger partial charge in [0.05, 0.1) is 0 Å². The van der Waals surface area contributed by atoms with Crippen LogP contribution >= 0.6 is 0 Å². The van der Waals surface area contributed by atoms with Crippen molar-refractivity contribution in [2.45, 2.75) is 104 Å². The molecule has 138 valence electrons. The Kier molecular flexibility index (Phi) is 14.8. The van der Waals surface area contributed by atoms with Crippen LogP contribution in [0.2, 0.25) is 0 Å². The van der Waals surface area contributed by atoms with Crippen molar-refractivity contribution in [2.24, 2.45) is 0 Å². The van der Waals surface area contributed by atoms with Gasteiger partial charge in [-0.2, -0.15) is 0 Å². The molecule has 0 aromatic rings. The van der Waals surface area contributed by atoms with Crippen LogP contribution in [0.15, 0.2) is 48.6 Å². The molecule has 0 aliphatic heterocycles. The standard InChI is InChI=1S/C24H42/c1-7-21(3)15-9-11-17-23(5)19-13-14-20-24(6)18-12-10-16-22(4)8-2/h3-20H2,1-2H3. The van der Waals surface area contributed by atoms with Crippen LogP contribution in [0.3, 0.4) is 0 Å². The van der Waals surface area contributed by atoms with E-state index in [0.29, 0.717) is 0 Å². The maximum absolute atomic E-state index is 4.24. The van der Waals surface area contributed by atoms with E-state index in [4.69, 9.17) is 0 Å². The second-order valence-electron chi connectivity index (χ2n) is 7.33. The minimum Gasteiger partial charge on any atom is -0.0999 e. The fourth-order valence-corrected chi connectivity index (χ4v) is 2.85. The van der Waals surface area contributed by atoms with Gasteiger partial charge in [-0.05, 0) is 89.9 Å². The number of rotatable bonds is 17. The summed E-state index contributed by atoms with van der Waals surface area (Å²) in [5, 5.41) is 0. The zero-order valence-electron chi connectivity index (χ0n) is 16.7. The van der Waals surface area contributed by atoms with E-state index in [1.165, 1.54) is 99.3 Å². The number of hydrogen-bond donors (Lipinski definition) is 0. The molecule has 0 heteroatoms. The molecule has 0 aliphatic rings. The van der Waals surface area contributed by atoms with E-state index in [2.05, 4.69) is 40.2 Å². The molecule has 0 aromatic heterocycles. The van der Waals surface area contributed by atoms with Crippen molar-refractivity contribution in [3.63, 3.8) is 0 Å². The van der Waals surface area contributed by atoms with Gasteiger partial charge in [0.1, 0.15) is 0 Å². The third-order valence-corrected chi connectivity index (χ3v) is 4.93. The zero-order valence-corrected chi connectivity index (χ0v) is 16.7. The van der Waals surface area contributed by atoms with Gasteiger partial charge < -0.3 is 0 Å². The molecule has 0 rings (SSSR count). The minimum absolute atomic E-state index is 1.12. The minimum atomic E-state index is 1.12. The average molecular weight is 331 g/mol. The molecule has 24 heavy (non-hydrogen) atoms. The predicted molar refractivity (Wildman–Crippen MR) is 113 cm³/mol. The lowest BCUT2D eigenvalue weighted by atomic mass is 9.98. The lowest BCUT2D eigenvalue weighted by molar-refractivity contribution is 0.648. The van der Waals surface area contributed by atoms with Crippen molar-refractivity contribution in [1.82, 2.24) is 0 Å². The van der Waals surface area contributed by atoms with Crippen LogP contribution in [0.4, 0.5) is 0 Å². The van der Waals surface area contributed by atoms with E-state index in [1.54, 1.807) is 0 Å². The molecular weight excluding hydrogens is 288 g/mol. The van der Waals surface area contributed by atoms with Crippen molar-refractivity contribution in [2.75, 3.05) is 0 Å². The first-order valence-corrected chi connectivity index (χ1v) is 10.2. The van der Waals surface area contributed by atoms with Crippen LogP contribution in [0.1, 0.15) is 104 Å². The third kappa shape index (κ3) is 14.5. The fraction of sp³-hybridized carbons (Fsp3) is 0.667. The fourth-order valence-electron chi connectivity index (χ4n) is 2.85. The normalized spacial score (nSPS) is 10.6. The Morgan fingerprint density at radius 2 is 0.625 bits per heavy atom. The smallest absolute Gasteiger partial charge is 0.0323 e. The van der Waals surface area contributed by atoms with E-state index in [0.717, 1.165) is 12.8 Å². The molecule has 0 aromatic carbocycles. The van der Waals surface area contributed by atoms with Crippen molar-refractivity contribution in [1.29, 1.82) is 0 Å². The molecular formula is C24H42. The Morgan fingerprint density at radius 1 is 0.417 bits per heavy atom. The second-order valence-corrected chi connectivity index (χ2v) is 7.33. The van der Waals surface area contributed by atoms with Gasteiger partial charge in [0, 0.05) is 0 Å². The van der Waals surface area contributed by atoms with Crippen LogP contribution in [-0.2, 0) is 0 Å². The van der Waals surface area contributed by atoms with Crippen LogP contribution in [-0.4, -0.2) is 0 Å². The summed E-state index contributed by atoms with van der Waals surface area (Å²) in [6.45, 7) is 21.0. The summed E-state index contributed by atoms with van der Waals surface area (Å²) in [5.74, 6) is 0.